The topological polar surface area (TPSA) is 9.23 Å². The van der Waals surface area contributed by atoms with E-state index in [1.54, 1.807) is 13.8 Å². The van der Waals surface area contributed by atoms with Crippen LogP contribution in [0.1, 0.15) is 13.8 Å². The van der Waals surface area contributed by atoms with Crippen molar-refractivity contribution in [1.82, 2.24) is 0 Å². The second kappa shape index (κ2) is 2.62. The Bertz CT molecular complexity index is 185. The van der Waals surface area contributed by atoms with Crippen molar-refractivity contribution in [3.63, 3.8) is 0 Å². The predicted molar refractivity (Wildman–Crippen MR) is 44.4 cm³/mol. The fraction of sp³-hybridized carbons (Fsp3) is 0.667. The van der Waals surface area contributed by atoms with E-state index < -0.39 is 30.0 Å². The summed E-state index contributed by atoms with van der Waals surface area (Å²) >= 11 is -3.25. The molecule has 0 radical (unpaired) electrons. The van der Waals surface area contributed by atoms with Crippen LogP contribution in [0.25, 0.3) is 0 Å². The van der Waals surface area contributed by atoms with Crippen LogP contribution < -0.4 is 0 Å². The number of hydrogen-bond acceptors (Lipinski definition) is 1. The summed E-state index contributed by atoms with van der Waals surface area (Å²) in [6.07, 6.45) is 1.49. The molecule has 1 heterocycles. The van der Waals surface area contributed by atoms with Gasteiger partial charge in [-0.05, 0) is 0 Å². The van der Waals surface area contributed by atoms with Gasteiger partial charge in [0.2, 0.25) is 0 Å². The zero-order valence-corrected chi connectivity index (χ0v) is 8.23. The molecule has 1 aliphatic heterocycles. The Labute approximate surface area is 70.5 Å². The Balaban J connectivity index is 2.65. The van der Waals surface area contributed by atoms with Crippen molar-refractivity contribution in [2.45, 2.75) is 23.6 Å². The maximum absolute atomic E-state index is 12.0. The first-order valence-corrected chi connectivity index (χ1v) is 6.16. The van der Waals surface area contributed by atoms with E-state index in [4.69, 9.17) is 3.07 Å². The van der Waals surface area contributed by atoms with Crippen molar-refractivity contribution >= 4 is 20.2 Å². The van der Waals surface area contributed by atoms with E-state index in [-0.39, 0.29) is 0 Å². The molecule has 66 valence electrons. The zero-order valence-electron chi connectivity index (χ0n) is 6.07. The summed E-state index contributed by atoms with van der Waals surface area (Å²) in [5, 5.41) is 0. The Kier molecular flexibility index (Phi) is 2.21. The van der Waals surface area contributed by atoms with Crippen LogP contribution in [0.2, 0.25) is 0 Å². The monoisotopic (exact) mass is 280 g/mol. The normalized spacial score (nSPS) is 26.1. The fourth-order valence-corrected chi connectivity index (χ4v) is 3.96. The Morgan fingerprint density at radius 2 is 1.91 bits per heavy atom. The molecule has 1 rings (SSSR count). The molecule has 0 aromatic carbocycles. The van der Waals surface area contributed by atoms with E-state index in [1.807, 2.05) is 0 Å². The maximum atomic E-state index is 12.0. The Morgan fingerprint density at radius 1 is 1.36 bits per heavy atom. The van der Waals surface area contributed by atoms with Crippen LogP contribution in [0.5, 0.6) is 0 Å². The molecule has 0 saturated carbocycles. The first-order valence-electron chi connectivity index (χ1n) is 2.95. The van der Waals surface area contributed by atoms with E-state index in [1.165, 1.54) is 10.2 Å². The summed E-state index contributed by atoms with van der Waals surface area (Å²) in [5.74, 6) is 0. The second-order valence-electron chi connectivity index (χ2n) is 2.68. The fourth-order valence-electron chi connectivity index (χ4n) is 0.590. The number of alkyl halides is 4. The molecule has 5 heteroatoms. The molecule has 0 aromatic heterocycles. The van der Waals surface area contributed by atoms with E-state index in [9.17, 15) is 13.2 Å². The van der Waals surface area contributed by atoms with Crippen molar-refractivity contribution in [3.05, 3.63) is 10.2 Å². The second-order valence-corrected chi connectivity index (χ2v) is 6.63. The molecule has 0 N–H and O–H groups in total. The summed E-state index contributed by atoms with van der Waals surface area (Å²) in [6.45, 7) is 3.26. The van der Waals surface area contributed by atoms with Crippen LogP contribution >= 0.6 is 20.2 Å². The summed E-state index contributed by atoms with van der Waals surface area (Å²) < 4.78 is 37.9. The van der Waals surface area contributed by atoms with E-state index >= 15 is 0 Å². The van der Waals surface area contributed by atoms with Crippen molar-refractivity contribution in [1.29, 1.82) is 0 Å². The van der Waals surface area contributed by atoms with Gasteiger partial charge in [-0.2, -0.15) is 0 Å². The standard InChI is InChI=1S/C6H8F3IO/c1-5(2)3-4-10(11-5)6(7,8)9/h3-4H,1-2H3. The van der Waals surface area contributed by atoms with Crippen LogP contribution in [-0.2, 0) is 3.07 Å². The number of halogens is 4. The van der Waals surface area contributed by atoms with Gasteiger partial charge in [-0.3, -0.25) is 0 Å². The molecule has 0 bridgehead atoms. The molecule has 0 aromatic rings. The van der Waals surface area contributed by atoms with Crippen molar-refractivity contribution in [2.24, 2.45) is 0 Å². The van der Waals surface area contributed by atoms with Crippen LogP contribution in [-0.4, -0.2) is 9.78 Å². The van der Waals surface area contributed by atoms with Gasteiger partial charge in [-0.15, -0.1) is 0 Å². The molecule has 0 aliphatic carbocycles. The zero-order chi connectivity index (χ0) is 8.70. The predicted octanol–water partition coefficient (Wildman–Crippen LogP) is 3.25. The molecular formula is C6H8F3IO. The third-order valence-corrected chi connectivity index (χ3v) is 4.90. The van der Waals surface area contributed by atoms with Gasteiger partial charge in [0.15, 0.2) is 0 Å². The SMILES string of the molecule is CC1(C)C=CI(C(F)(F)F)O1. The van der Waals surface area contributed by atoms with Crippen molar-refractivity contribution in [3.8, 4) is 0 Å². The van der Waals surface area contributed by atoms with Gasteiger partial charge < -0.3 is 0 Å². The third-order valence-electron chi connectivity index (χ3n) is 1.07. The minimum absolute atomic E-state index is 0.708. The third kappa shape index (κ3) is 2.33. The number of hydrogen-bond donors (Lipinski definition) is 0. The van der Waals surface area contributed by atoms with Crippen LogP contribution in [0, 0.1) is 0 Å². The molecule has 0 amide bonds. The summed E-state index contributed by atoms with van der Waals surface area (Å²) in [7, 11) is 0. The summed E-state index contributed by atoms with van der Waals surface area (Å²) in [5.41, 5.74) is -0.708. The summed E-state index contributed by atoms with van der Waals surface area (Å²) in [6, 6.07) is 0. The van der Waals surface area contributed by atoms with Gasteiger partial charge in [0.1, 0.15) is 0 Å². The molecule has 0 spiro atoms. The number of rotatable bonds is 0. The molecule has 0 fully saturated rings. The van der Waals surface area contributed by atoms with Gasteiger partial charge in [-0.25, -0.2) is 0 Å². The van der Waals surface area contributed by atoms with Gasteiger partial charge in [0, 0.05) is 0 Å². The van der Waals surface area contributed by atoms with Crippen molar-refractivity contribution in [2.75, 3.05) is 0 Å². The van der Waals surface area contributed by atoms with Crippen LogP contribution in [0.15, 0.2) is 10.2 Å². The molecule has 1 aliphatic rings. The summed E-state index contributed by atoms with van der Waals surface area (Å²) in [4.78, 5) is 0. The Morgan fingerprint density at radius 3 is 2.09 bits per heavy atom. The quantitative estimate of drug-likeness (QED) is 0.489. The van der Waals surface area contributed by atoms with Gasteiger partial charge in [0.25, 0.3) is 0 Å². The van der Waals surface area contributed by atoms with Gasteiger partial charge >= 0.3 is 70.3 Å². The van der Waals surface area contributed by atoms with Gasteiger partial charge in [0.05, 0.1) is 0 Å². The van der Waals surface area contributed by atoms with Crippen molar-refractivity contribution < 1.29 is 16.2 Å². The average molecular weight is 280 g/mol. The average Bonchev–Trinajstić information content (AvgIpc) is 2.07. The van der Waals surface area contributed by atoms with E-state index in [0.29, 0.717) is 0 Å². The molecule has 1 nitrogen and oxygen atoms in total. The van der Waals surface area contributed by atoms with E-state index in [2.05, 4.69) is 0 Å². The first-order chi connectivity index (χ1) is 4.81. The van der Waals surface area contributed by atoms with Crippen LogP contribution in [0.4, 0.5) is 13.2 Å². The molecule has 11 heavy (non-hydrogen) atoms. The Hall–Kier alpha value is 0.220. The van der Waals surface area contributed by atoms with Crippen LogP contribution in [0.3, 0.4) is 0 Å². The van der Waals surface area contributed by atoms with Gasteiger partial charge in [-0.1, -0.05) is 0 Å². The minimum atomic E-state index is -4.12. The molecule has 0 saturated heterocycles. The molecule has 0 unspecified atom stereocenters. The first kappa shape index (κ1) is 9.31. The molecular weight excluding hydrogens is 272 g/mol. The van der Waals surface area contributed by atoms with E-state index in [0.717, 1.165) is 0 Å². The molecule has 0 atom stereocenters.